The third-order valence-corrected chi connectivity index (χ3v) is 13.0. The highest BCUT2D eigenvalue weighted by atomic mass is 35.5. The Balaban J connectivity index is 0.000000245. The number of benzene rings is 7. The molecule has 0 spiro atoms. The molecule has 0 unspecified atom stereocenters. The van der Waals surface area contributed by atoms with Crippen LogP contribution in [0, 0.1) is 20.8 Å². The molecule has 0 atom stereocenters. The van der Waals surface area contributed by atoms with Crippen molar-refractivity contribution in [3.8, 4) is 23.0 Å². The largest absolute Gasteiger partial charge is 0.507 e. The summed E-state index contributed by atoms with van der Waals surface area (Å²) in [6, 6.07) is 40.5. The maximum absolute atomic E-state index is 12.7. The van der Waals surface area contributed by atoms with Crippen molar-refractivity contribution in [1.82, 2.24) is 5.32 Å². The van der Waals surface area contributed by atoms with Gasteiger partial charge in [-0.2, -0.15) is 0 Å². The minimum atomic E-state index is -1.00. The fourth-order valence-electron chi connectivity index (χ4n) is 7.45. The maximum atomic E-state index is 12.7. The van der Waals surface area contributed by atoms with Crippen LogP contribution in [0.3, 0.4) is 0 Å². The highest BCUT2D eigenvalue weighted by molar-refractivity contribution is 6.36. The van der Waals surface area contributed by atoms with E-state index in [1.807, 2.05) is 39.0 Å². The number of aryl methyl sites for hydroxylation is 3. The van der Waals surface area contributed by atoms with E-state index >= 15 is 0 Å². The minimum absolute atomic E-state index is 0.000119. The van der Waals surface area contributed by atoms with Crippen LogP contribution in [0.1, 0.15) is 120 Å². The number of phenols is 1. The Kier molecular flexibility index (Phi) is 28.6. The Hall–Kier alpha value is -8.74. The van der Waals surface area contributed by atoms with Crippen LogP contribution in [0.4, 0.5) is 0 Å². The number of hydrogen-bond acceptors (Lipinski definition) is 12. The number of halogens is 4. The van der Waals surface area contributed by atoms with E-state index in [9.17, 15) is 43.5 Å². The van der Waals surface area contributed by atoms with E-state index in [2.05, 4.69) is 5.32 Å². The van der Waals surface area contributed by atoms with Crippen LogP contribution in [-0.4, -0.2) is 99.0 Å². The van der Waals surface area contributed by atoms with Crippen LogP contribution in [-0.2, 0) is 19.2 Å². The molecule has 0 heterocycles. The van der Waals surface area contributed by atoms with Gasteiger partial charge in [-0.3, -0.25) is 38.4 Å². The highest BCUT2D eigenvalue weighted by Crippen LogP contribution is 2.31. The second-order valence-electron chi connectivity index (χ2n) is 18.5. The Labute approximate surface area is 510 Å². The zero-order valence-corrected chi connectivity index (χ0v) is 49.4. The van der Waals surface area contributed by atoms with Gasteiger partial charge in [-0.05, 0) is 130 Å². The number of phenolic OH excluding ortho intramolecular Hbond substituents is 1. The smallest absolute Gasteiger partial charge is 0.305 e. The molecule has 85 heavy (non-hydrogen) atoms. The summed E-state index contributed by atoms with van der Waals surface area (Å²) >= 11 is 24.0. The van der Waals surface area contributed by atoms with Gasteiger partial charge in [-0.1, -0.05) is 119 Å². The monoisotopic (exact) mass is 1240 g/mol. The van der Waals surface area contributed by atoms with E-state index in [4.69, 9.17) is 81.0 Å². The molecule has 0 saturated carbocycles. The molecule has 7 aromatic rings. The first kappa shape index (κ1) is 68.8. The number of carboxylic acids is 4. The van der Waals surface area contributed by atoms with Crippen molar-refractivity contribution in [1.29, 1.82) is 0 Å². The van der Waals surface area contributed by atoms with E-state index in [1.165, 1.54) is 18.2 Å². The molecule has 7 rings (SSSR count). The molecule has 0 bridgehead atoms. The van der Waals surface area contributed by atoms with Gasteiger partial charge in [-0.15, -0.1) is 0 Å². The Bertz CT molecular complexity index is 3480. The molecule has 17 nitrogen and oxygen atoms in total. The molecule has 6 N–H and O–H groups in total. The number of carboxylic acid groups (broad SMARTS) is 4. The van der Waals surface area contributed by atoms with Crippen LogP contribution < -0.4 is 19.5 Å². The normalized spacial score (nSPS) is 10.2. The first-order chi connectivity index (χ1) is 40.5. The second-order valence-corrected chi connectivity index (χ2v) is 20.2. The number of ether oxygens (including phenoxy) is 3. The topological polar surface area (TPSA) is 277 Å². The number of carbonyl (C=O) groups excluding carboxylic acids is 4. The van der Waals surface area contributed by atoms with E-state index < -0.39 is 29.8 Å². The summed E-state index contributed by atoms with van der Waals surface area (Å²) < 4.78 is 16.8. The fraction of sp³-hybridized carbons (Fsp3) is 0.219. The average Bonchev–Trinajstić information content (AvgIpc) is 3.65. The lowest BCUT2D eigenvalue weighted by Crippen LogP contribution is -2.26. The third-order valence-electron chi connectivity index (χ3n) is 11.7. The number of carbonyl (C=O) groups is 8. The third kappa shape index (κ3) is 23.4. The van der Waals surface area contributed by atoms with Gasteiger partial charge in [0.2, 0.25) is 0 Å². The summed E-state index contributed by atoms with van der Waals surface area (Å²) in [5, 5.41) is 47.6. The average molecular weight is 1240 g/mol. The van der Waals surface area contributed by atoms with Crippen molar-refractivity contribution in [3.63, 3.8) is 0 Å². The first-order valence-electron chi connectivity index (χ1n) is 26.2. The Morgan fingerprint density at radius 1 is 0.412 bits per heavy atom. The number of rotatable bonds is 25. The van der Waals surface area contributed by atoms with Crippen molar-refractivity contribution >= 4 is 93.5 Å². The molecular formula is C64H61Cl4NO16. The number of aliphatic carboxylic acids is 4. The quantitative estimate of drug-likeness (QED) is 0.0229. The molecule has 0 aliphatic rings. The van der Waals surface area contributed by atoms with Gasteiger partial charge in [0, 0.05) is 52.5 Å². The van der Waals surface area contributed by atoms with Crippen LogP contribution in [0.15, 0.2) is 146 Å². The summed E-state index contributed by atoms with van der Waals surface area (Å²) in [5.41, 5.74) is 5.29. The lowest BCUT2D eigenvalue weighted by atomic mass is 10.0. The molecule has 0 aliphatic heterocycles. The fourth-order valence-corrected chi connectivity index (χ4v) is 8.23. The predicted molar refractivity (Wildman–Crippen MR) is 323 cm³/mol. The van der Waals surface area contributed by atoms with Gasteiger partial charge >= 0.3 is 23.9 Å². The lowest BCUT2D eigenvalue weighted by molar-refractivity contribution is -0.138. The van der Waals surface area contributed by atoms with Crippen molar-refractivity contribution in [2.24, 2.45) is 0 Å². The number of ketones is 3. The molecule has 21 heteroatoms. The first-order valence-corrected chi connectivity index (χ1v) is 27.7. The Morgan fingerprint density at radius 3 is 1.40 bits per heavy atom. The van der Waals surface area contributed by atoms with Gasteiger partial charge in [0.25, 0.3) is 5.91 Å². The predicted octanol–water partition coefficient (Wildman–Crippen LogP) is 13.6. The lowest BCUT2D eigenvalue weighted by Gasteiger charge is -2.13. The minimum Gasteiger partial charge on any atom is -0.507 e. The van der Waals surface area contributed by atoms with Crippen molar-refractivity contribution in [3.05, 3.63) is 221 Å². The number of aromatic hydroxyl groups is 1. The van der Waals surface area contributed by atoms with Gasteiger partial charge in [-0.25, -0.2) is 0 Å². The van der Waals surface area contributed by atoms with Gasteiger partial charge in [0.05, 0.1) is 58.5 Å². The van der Waals surface area contributed by atoms with Crippen molar-refractivity contribution in [2.45, 2.75) is 65.7 Å². The van der Waals surface area contributed by atoms with E-state index in [0.717, 1.165) is 16.7 Å². The summed E-state index contributed by atoms with van der Waals surface area (Å²) in [5.74, 6) is -3.68. The van der Waals surface area contributed by atoms with E-state index in [-0.39, 0.29) is 80.7 Å². The summed E-state index contributed by atoms with van der Waals surface area (Å²) in [6.45, 7) is 6.30. The number of nitrogens with one attached hydrogen (secondary N) is 1. The Morgan fingerprint density at radius 2 is 0.871 bits per heavy atom. The molecule has 0 aliphatic carbocycles. The molecule has 0 radical (unpaired) electrons. The van der Waals surface area contributed by atoms with Crippen LogP contribution >= 0.6 is 46.4 Å². The van der Waals surface area contributed by atoms with Crippen molar-refractivity contribution < 1.29 is 78.1 Å². The van der Waals surface area contributed by atoms with Crippen LogP contribution in [0.25, 0.3) is 0 Å². The molecule has 7 aromatic carbocycles. The highest BCUT2D eigenvalue weighted by Gasteiger charge is 2.21. The summed E-state index contributed by atoms with van der Waals surface area (Å²) in [6.07, 6.45) is 1.03. The molecular weight excluding hydrogens is 1180 g/mol. The van der Waals surface area contributed by atoms with Crippen molar-refractivity contribution in [2.75, 3.05) is 26.4 Å². The molecule has 1 amide bonds. The van der Waals surface area contributed by atoms with E-state index in [1.54, 1.807) is 109 Å². The van der Waals surface area contributed by atoms with Crippen LogP contribution in [0.2, 0.25) is 20.1 Å². The van der Waals surface area contributed by atoms with E-state index in [0.29, 0.717) is 90.0 Å². The number of amides is 1. The molecule has 0 fully saturated rings. The van der Waals surface area contributed by atoms with Gasteiger partial charge < -0.3 is 45.1 Å². The zero-order valence-electron chi connectivity index (χ0n) is 46.4. The number of hydrogen-bond donors (Lipinski definition) is 6. The molecule has 0 aromatic heterocycles. The summed E-state index contributed by atoms with van der Waals surface area (Å²) in [4.78, 5) is 91.3. The maximum Gasteiger partial charge on any atom is 0.305 e. The molecule has 0 saturated heterocycles. The standard InChI is InChI=1S/3C18H17ClO4.C10H10ClNO4/c1-12-8-9-16(23-10-4-7-17(20)21)14(11-12)18(22)13-5-2-3-6-15(13)19;1-12-8-9-14(16(11-12)23-10-4-7-17(20)21)18(22)13-5-2-3-6-15(13)19;1-12-10-16(23-9-5-8-17(20)21)14(11-15(12)19)18(22)13-6-3-2-4-7-13;11-6-1-2-8(13)7(5-6)10(16)12-4-3-9(14)15/h2*2-3,5-6,8-9,11H,4,7,10H2,1H3,(H,20,21);2-4,6-7,10-11H,5,8-9H2,1H3,(H,20,21);1-2,5,13H,3-4H2,(H,12,16)(H,14,15). The van der Waals surface area contributed by atoms with Gasteiger partial charge in [0.1, 0.15) is 23.0 Å². The SMILES string of the molecule is Cc1cc(OCCCC(=O)O)c(C(=O)c2ccccc2)cc1Cl.Cc1ccc(C(=O)c2ccccc2Cl)c(OCCCC(=O)O)c1.Cc1ccc(OCCCC(=O)O)c(C(=O)c2ccccc2Cl)c1.O=C(O)CCNC(=O)c1cc(Cl)ccc1O. The summed E-state index contributed by atoms with van der Waals surface area (Å²) in [7, 11) is 0. The molecule has 446 valence electrons. The van der Waals surface area contributed by atoms with Gasteiger partial charge in [0.15, 0.2) is 17.3 Å². The second kappa shape index (κ2) is 35.4. The zero-order chi connectivity index (χ0) is 62.6. The van der Waals surface area contributed by atoms with Crippen LogP contribution in [0.5, 0.6) is 23.0 Å².